The highest BCUT2D eigenvalue weighted by Crippen LogP contribution is 2.20. The molecule has 0 radical (unpaired) electrons. The van der Waals surface area contributed by atoms with Crippen molar-refractivity contribution in [1.29, 1.82) is 0 Å². The van der Waals surface area contributed by atoms with E-state index in [1.54, 1.807) is 0 Å². The van der Waals surface area contributed by atoms with Crippen LogP contribution in [0.25, 0.3) is 17.2 Å². The number of nitrogens with zero attached hydrogens (tertiary/aromatic N) is 5. The first-order valence-electron chi connectivity index (χ1n) is 13.0. The van der Waals surface area contributed by atoms with Crippen molar-refractivity contribution in [2.75, 3.05) is 32.7 Å². The van der Waals surface area contributed by atoms with Crippen molar-refractivity contribution in [3.05, 3.63) is 64.6 Å². The monoisotopic (exact) mass is 459 g/mol. The summed E-state index contributed by atoms with van der Waals surface area (Å²) in [6, 6.07) is 11.8. The Morgan fingerprint density at radius 3 is 2.41 bits per heavy atom. The van der Waals surface area contributed by atoms with Crippen LogP contribution in [0.3, 0.4) is 0 Å². The van der Waals surface area contributed by atoms with Crippen molar-refractivity contribution >= 4 is 17.2 Å². The highest BCUT2D eigenvalue weighted by Gasteiger charge is 2.19. The van der Waals surface area contributed by atoms with Crippen molar-refractivity contribution in [2.24, 2.45) is 0 Å². The number of piperazine rings is 1. The largest absolute Gasteiger partial charge is 0.308 e. The van der Waals surface area contributed by atoms with E-state index in [-0.39, 0.29) is 0 Å². The summed E-state index contributed by atoms with van der Waals surface area (Å²) < 4.78 is 2.27. The van der Waals surface area contributed by atoms with E-state index in [0.29, 0.717) is 0 Å². The van der Waals surface area contributed by atoms with Gasteiger partial charge in [0.15, 0.2) is 5.65 Å². The molecule has 3 aromatic rings. The Labute approximate surface area is 205 Å². The summed E-state index contributed by atoms with van der Waals surface area (Å²) >= 11 is 0. The number of aryl methyl sites for hydroxylation is 3. The average Bonchev–Trinajstić information content (AvgIpc) is 3.17. The highest BCUT2D eigenvalue weighted by atomic mass is 15.3. The van der Waals surface area contributed by atoms with E-state index in [0.717, 1.165) is 48.2 Å². The van der Waals surface area contributed by atoms with Gasteiger partial charge in [-0.05, 0) is 49.9 Å². The highest BCUT2D eigenvalue weighted by molar-refractivity contribution is 5.73. The molecule has 3 heterocycles. The van der Waals surface area contributed by atoms with Crippen molar-refractivity contribution < 1.29 is 0 Å². The molecule has 0 amide bonds. The van der Waals surface area contributed by atoms with Crippen molar-refractivity contribution in [2.45, 2.75) is 66.5 Å². The molecular formula is C29H41N5. The molecule has 1 saturated heterocycles. The predicted octanol–water partition coefficient (Wildman–Crippen LogP) is 5.48. The first-order valence-corrected chi connectivity index (χ1v) is 13.0. The van der Waals surface area contributed by atoms with Gasteiger partial charge < -0.3 is 4.57 Å². The molecule has 1 atom stereocenters. The third kappa shape index (κ3) is 5.76. The van der Waals surface area contributed by atoms with Gasteiger partial charge in [0.2, 0.25) is 0 Å². The number of fused-ring (bicyclic) bond motifs is 1. The van der Waals surface area contributed by atoms with Crippen LogP contribution in [0.5, 0.6) is 0 Å². The van der Waals surface area contributed by atoms with Gasteiger partial charge >= 0.3 is 0 Å². The zero-order chi connectivity index (χ0) is 24.1. The molecule has 5 nitrogen and oxygen atoms in total. The third-order valence-electron chi connectivity index (χ3n) is 7.29. The smallest absolute Gasteiger partial charge is 0.160 e. The maximum atomic E-state index is 4.85. The number of rotatable bonds is 9. The number of imidazole rings is 1. The minimum absolute atomic E-state index is 0.721. The molecule has 34 heavy (non-hydrogen) atoms. The first kappa shape index (κ1) is 24.6. The molecule has 0 bridgehead atoms. The van der Waals surface area contributed by atoms with Crippen LogP contribution in [0.15, 0.2) is 36.4 Å². The molecule has 4 rings (SSSR count). The van der Waals surface area contributed by atoms with Crippen molar-refractivity contribution in [3.63, 3.8) is 0 Å². The van der Waals surface area contributed by atoms with Gasteiger partial charge in [-0.25, -0.2) is 9.97 Å². The summed E-state index contributed by atoms with van der Waals surface area (Å²) in [5.74, 6) is 1.10. The standard InChI is InChI=1S/C29H41N5/c1-6-9-23(4)33-18-16-32(17-19-33)15-8-10-25-11-13-26(14-12-25)21-34-28(7-2)31-27-20-22(3)24(5)30-29(27)34/h8,10-14,20,23H,6-7,9,15-19,21H2,1-5H3. The molecule has 5 heteroatoms. The van der Waals surface area contributed by atoms with E-state index in [1.807, 2.05) is 0 Å². The van der Waals surface area contributed by atoms with Gasteiger partial charge in [0, 0.05) is 50.9 Å². The third-order valence-corrected chi connectivity index (χ3v) is 7.29. The van der Waals surface area contributed by atoms with Crippen LogP contribution in [0.2, 0.25) is 0 Å². The van der Waals surface area contributed by atoms with Gasteiger partial charge in [-0.2, -0.15) is 0 Å². The summed E-state index contributed by atoms with van der Waals surface area (Å²) in [6.07, 6.45) is 8.06. The van der Waals surface area contributed by atoms with Gasteiger partial charge in [-0.3, -0.25) is 9.80 Å². The number of aromatic nitrogens is 3. The van der Waals surface area contributed by atoms with Crippen LogP contribution in [-0.4, -0.2) is 63.1 Å². The number of hydrogen-bond acceptors (Lipinski definition) is 4. The first-order chi connectivity index (χ1) is 16.5. The summed E-state index contributed by atoms with van der Waals surface area (Å²) in [5.41, 5.74) is 6.81. The second-order valence-corrected chi connectivity index (χ2v) is 9.82. The van der Waals surface area contributed by atoms with E-state index < -0.39 is 0 Å². The van der Waals surface area contributed by atoms with E-state index in [4.69, 9.17) is 9.97 Å². The lowest BCUT2D eigenvalue weighted by atomic mass is 10.1. The van der Waals surface area contributed by atoms with E-state index in [1.165, 1.54) is 55.7 Å². The van der Waals surface area contributed by atoms with Crippen LogP contribution >= 0.6 is 0 Å². The summed E-state index contributed by atoms with van der Waals surface area (Å²) in [5, 5.41) is 0. The lowest BCUT2D eigenvalue weighted by molar-refractivity contribution is 0.106. The molecule has 1 aliphatic rings. The number of hydrogen-bond donors (Lipinski definition) is 0. The molecule has 182 valence electrons. The normalized spacial score (nSPS) is 16.6. The minimum Gasteiger partial charge on any atom is -0.308 e. The Morgan fingerprint density at radius 2 is 1.74 bits per heavy atom. The van der Waals surface area contributed by atoms with Gasteiger partial charge in [0.1, 0.15) is 11.3 Å². The van der Waals surface area contributed by atoms with Crippen molar-refractivity contribution in [1.82, 2.24) is 24.3 Å². The summed E-state index contributed by atoms with van der Waals surface area (Å²) in [7, 11) is 0. The molecule has 1 aliphatic heterocycles. The van der Waals surface area contributed by atoms with E-state index in [2.05, 4.69) is 91.5 Å². The Balaban J connectivity index is 1.34. The average molecular weight is 460 g/mol. The molecular weight excluding hydrogens is 418 g/mol. The van der Waals surface area contributed by atoms with Crippen LogP contribution in [0.4, 0.5) is 0 Å². The van der Waals surface area contributed by atoms with Crippen LogP contribution in [0, 0.1) is 13.8 Å². The van der Waals surface area contributed by atoms with Gasteiger partial charge in [0.05, 0.1) is 6.54 Å². The van der Waals surface area contributed by atoms with Crippen LogP contribution < -0.4 is 0 Å². The second kappa shape index (κ2) is 11.3. The summed E-state index contributed by atoms with van der Waals surface area (Å²) in [4.78, 5) is 14.9. The fourth-order valence-corrected chi connectivity index (χ4v) is 4.96. The quantitative estimate of drug-likeness (QED) is 0.425. The molecule has 1 aromatic carbocycles. The fourth-order valence-electron chi connectivity index (χ4n) is 4.96. The minimum atomic E-state index is 0.721. The SMILES string of the molecule is CCCC(C)N1CCN(CC=Cc2ccc(Cn3c(CC)nc4cc(C)c(C)nc43)cc2)CC1. The summed E-state index contributed by atoms with van der Waals surface area (Å²) in [6.45, 7) is 17.6. The lowest BCUT2D eigenvalue weighted by Crippen LogP contribution is -2.49. The fraction of sp³-hybridized carbons (Fsp3) is 0.517. The number of pyridine rings is 1. The van der Waals surface area contributed by atoms with Gasteiger partial charge in [-0.1, -0.05) is 56.7 Å². The molecule has 0 N–H and O–H groups in total. The Kier molecular flexibility index (Phi) is 8.17. The van der Waals surface area contributed by atoms with Gasteiger partial charge in [-0.15, -0.1) is 0 Å². The Bertz CT molecular complexity index is 1100. The molecule has 0 aliphatic carbocycles. The zero-order valence-electron chi connectivity index (χ0n) is 21.7. The molecule has 1 unspecified atom stereocenters. The Morgan fingerprint density at radius 1 is 1.00 bits per heavy atom. The van der Waals surface area contributed by atoms with Crippen LogP contribution in [-0.2, 0) is 13.0 Å². The topological polar surface area (TPSA) is 37.2 Å². The molecule has 1 fully saturated rings. The predicted molar refractivity (Wildman–Crippen MR) is 143 cm³/mol. The van der Waals surface area contributed by atoms with Gasteiger partial charge in [0.25, 0.3) is 0 Å². The Hall–Kier alpha value is -2.50. The zero-order valence-corrected chi connectivity index (χ0v) is 21.7. The second-order valence-electron chi connectivity index (χ2n) is 9.82. The lowest BCUT2D eigenvalue weighted by Gasteiger charge is -2.37. The van der Waals surface area contributed by atoms with E-state index >= 15 is 0 Å². The molecule has 0 saturated carbocycles. The molecule has 2 aromatic heterocycles. The van der Waals surface area contributed by atoms with Crippen molar-refractivity contribution in [3.8, 4) is 0 Å². The maximum Gasteiger partial charge on any atom is 0.160 e. The maximum absolute atomic E-state index is 4.85. The van der Waals surface area contributed by atoms with Crippen LogP contribution in [0.1, 0.15) is 61.8 Å². The molecule has 0 spiro atoms. The number of benzene rings is 1. The van der Waals surface area contributed by atoms with E-state index in [9.17, 15) is 0 Å².